The minimum atomic E-state index is 0.0230. The van der Waals surface area contributed by atoms with E-state index in [0.717, 1.165) is 54.4 Å². The van der Waals surface area contributed by atoms with Crippen LogP contribution >= 0.6 is 0 Å². The quantitative estimate of drug-likeness (QED) is 0.833. The maximum atomic E-state index is 12.8. The van der Waals surface area contributed by atoms with E-state index in [1.54, 1.807) is 12.4 Å². The number of rotatable bonds is 6. The van der Waals surface area contributed by atoms with Crippen molar-refractivity contribution in [2.45, 2.75) is 58.2 Å². The summed E-state index contributed by atoms with van der Waals surface area (Å²) in [7, 11) is 0. The molecule has 148 valence electrons. The Morgan fingerprint density at radius 2 is 1.89 bits per heavy atom. The molecule has 2 aromatic rings. The second-order valence-corrected chi connectivity index (χ2v) is 8.10. The largest absolute Gasteiger partial charge is 0.488 e. The van der Waals surface area contributed by atoms with Gasteiger partial charge in [-0.2, -0.15) is 0 Å². The molecule has 1 aromatic carbocycles. The first-order valence-corrected chi connectivity index (χ1v) is 10.3. The molecule has 0 atom stereocenters. The summed E-state index contributed by atoms with van der Waals surface area (Å²) in [6.45, 7) is 6.68. The highest BCUT2D eigenvalue weighted by molar-refractivity contribution is 5.95. The van der Waals surface area contributed by atoms with Gasteiger partial charge >= 0.3 is 0 Å². The SMILES string of the molecule is Cc1cc(C(=O)NC2CCN(C3CC3)CC2)cc(C)c1OCc1cccnc1. The predicted molar refractivity (Wildman–Crippen MR) is 110 cm³/mol. The zero-order chi connectivity index (χ0) is 19.5. The molecular formula is C23H29N3O2. The number of benzene rings is 1. The van der Waals surface area contributed by atoms with Gasteiger partial charge in [-0.05, 0) is 68.9 Å². The topological polar surface area (TPSA) is 54.5 Å². The van der Waals surface area contributed by atoms with Crippen LogP contribution in [0.5, 0.6) is 5.75 Å². The number of aryl methyl sites for hydroxylation is 2. The minimum absolute atomic E-state index is 0.0230. The lowest BCUT2D eigenvalue weighted by Gasteiger charge is -2.32. The molecule has 0 bridgehead atoms. The number of nitrogens with zero attached hydrogens (tertiary/aromatic N) is 2. The lowest BCUT2D eigenvalue weighted by molar-refractivity contribution is 0.0909. The monoisotopic (exact) mass is 379 g/mol. The van der Waals surface area contributed by atoms with Crippen molar-refractivity contribution in [3.05, 3.63) is 58.9 Å². The Labute approximate surface area is 167 Å². The molecule has 4 rings (SSSR count). The van der Waals surface area contributed by atoms with Gasteiger partial charge in [0.1, 0.15) is 12.4 Å². The van der Waals surface area contributed by atoms with Gasteiger partial charge in [-0.15, -0.1) is 0 Å². The first-order valence-electron chi connectivity index (χ1n) is 10.3. The summed E-state index contributed by atoms with van der Waals surface area (Å²) in [5.74, 6) is 0.869. The highest BCUT2D eigenvalue weighted by Gasteiger charge is 2.32. The van der Waals surface area contributed by atoms with E-state index in [1.165, 1.54) is 12.8 Å². The molecule has 1 N–H and O–H groups in total. The first-order chi connectivity index (χ1) is 13.6. The Morgan fingerprint density at radius 3 is 2.50 bits per heavy atom. The molecule has 1 aliphatic carbocycles. The van der Waals surface area contributed by atoms with Crippen LogP contribution in [0, 0.1) is 13.8 Å². The van der Waals surface area contributed by atoms with E-state index in [0.29, 0.717) is 12.2 Å². The Kier molecular flexibility index (Phi) is 5.62. The summed E-state index contributed by atoms with van der Waals surface area (Å²) < 4.78 is 6.00. The highest BCUT2D eigenvalue weighted by atomic mass is 16.5. The van der Waals surface area contributed by atoms with Gasteiger partial charge in [-0.25, -0.2) is 0 Å². The number of aromatic nitrogens is 1. The summed E-state index contributed by atoms with van der Waals surface area (Å²) >= 11 is 0. The summed E-state index contributed by atoms with van der Waals surface area (Å²) in [6.07, 6.45) is 8.36. The van der Waals surface area contributed by atoms with Gasteiger partial charge < -0.3 is 15.0 Å². The van der Waals surface area contributed by atoms with E-state index < -0.39 is 0 Å². The van der Waals surface area contributed by atoms with Crippen molar-refractivity contribution in [2.75, 3.05) is 13.1 Å². The smallest absolute Gasteiger partial charge is 0.251 e. The lowest BCUT2D eigenvalue weighted by atomic mass is 10.0. The van der Waals surface area contributed by atoms with E-state index in [4.69, 9.17) is 4.74 Å². The van der Waals surface area contributed by atoms with Gasteiger partial charge in [0.25, 0.3) is 5.91 Å². The molecule has 28 heavy (non-hydrogen) atoms. The molecule has 0 radical (unpaired) electrons. The van der Waals surface area contributed by atoms with Crippen molar-refractivity contribution in [3.8, 4) is 5.75 Å². The summed E-state index contributed by atoms with van der Waals surface area (Å²) in [6, 6.07) is 8.86. The Morgan fingerprint density at radius 1 is 1.18 bits per heavy atom. The second-order valence-electron chi connectivity index (χ2n) is 8.10. The molecule has 2 fully saturated rings. The average Bonchev–Trinajstić information content (AvgIpc) is 3.54. The molecule has 0 unspecified atom stereocenters. The fraction of sp³-hybridized carbons (Fsp3) is 0.478. The van der Waals surface area contributed by atoms with Gasteiger partial charge in [-0.3, -0.25) is 9.78 Å². The molecule has 0 spiro atoms. The number of amides is 1. The van der Waals surface area contributed by atoms with Crippen LogP contribution in [0.3, 0.4) is 0 Å². The number of nitrogens with one attached hydrogen (secondary N) is 1. The first kappa shape index (κ1) is 18.9. The molecule has 5 heteroatoms. The van der Waals surface area contributed by atoms with Crippen LogP contribution in [0.15, 0.2) is 36.7 Å². The van der Waals surface area contributed by atoms with Crippen molar-refractivity contribution in [1.82, 2.24) is 15.2 Å². The van der Waals surface area contributed by atoms with Crippen molar-refractivity contribution < 1.29 is 9.53 Å². The standard InChI is InChI=1S/C23H29N3O2/c1-16-12-19(13-17(2)22(16)28-15-18-4-3-9-24-14-18)23(27)25-20-7-10-26(11-8-20)21-5-6-21/h3-4,9,12-14,20-21H,5-8,10-11,15H2,1-2H3,(H,25,27). The van der Waals surface area contributed by atoms with Crippen molar-refractivity contribution in [3.63, 3.8) is 0 Å². The third-order valence-corrected chi connectivity index (χ3v) is 5.76. The van der Waals surface area contributed by atoms with E-state index in [-0.39, 0.29) is 11.9 Å². The molecule has 1 aromatic heterocycles. The fourth-order valence-electron chi connectivity index (χ4n) is 4.07. The van der Waals surface area contributed by atoms with Crippen LogP contribution in [0.2, 0.25) is 0 Å². The molecule has 2 aliphatic rings. The maximum absolute atomic E-state index is 12.8. The molecule has 1 saturated heterocycles. The second kappa shape index (κ2) is 8.31. The number of carbonyl (C=O) groups excluding carboxylic acids is 1. The van der Waals surface area contributed by atoms with Crippen molar-refractivity contribution in [1.29, 1.82) is 0 Å². The van der Waals surface area contributed by atoms with Gasteiger partial charge in [0.2, 0.25) is 0 Å². The zero-order valence-corrected chi connectivity index (χ0v) is 16.8. The number of carbonyl (C=O) groups is 1. The molecule has 2 heterocycles. The van der Waals surface area contributed by atoms with Crippen LogP contribution in [-0.4, -0.2) is 41.0 Å². The molecule has 1 saturated carbocycles. The number of ether oxygens (including phenoxy) is 1. The number of piperidine rings is 1. The Hall–Kier alpha value is -2.40. The lowest BCUT2D eigenvalue weighted by Crippen LogP contribution is -2.45. The Bertz CT molecular complexity index is 802. The van der Waals surface area contributed by atoms with Crippen LogP contribution in [0.25, 0.3) is 0 Å². The number of likely N-dealkylation sites (tertiary alicyclic amines) is 1. The summed E-state index contributed by atoms with van der Waals surface area (Å²) in [4.78, 5) is 19.5. The van der Waals surface area contributed by atoms with E-state index in [1.807, 2.05) is 38.1 Å². The third kappa shape index (κ3) is 4.53. The van der Waals surface area contributed by atoms with E-state index in [9.17, 15) is 4.79 Å². The van der Waals surface area contributed by atoms with E-state index >= 15 is 0 Å². The molecule has 1 amide bonds. The number of hydrogen-bond donors (Lipinski definition) is 1. The van der Waals surface area contributed by atoms with Gasteiger partial charge in [0, 0.05) is 48.7 Å². The van der Waals surface area contributed by atoms with Gasteiger partial charge in [-0.1, -0.05) is 6.07 Å². The average molecular weight is 380 g/mol. The van der Waals surface area contributed by atoms with Crippen molar-refractivity contribution in [2.24, 2.45) is 0 Å². The maximum Gasteiger partial charge on any atom is 0.251 e. The zero-order valence-electron chi connectivity index (χ0n) is 16.8. The Balaban J connectivity index is 1.36. The fourth-order valence-corrected chi connectivity index (χ4v) is 4.07. The normalized spacial score (nSPS) is 18.1. The number of hydrogen-bond acceptors (Lipinski definition) is 4. The number of pyridine rings is 1. The van der Waals surface area contributed by atoms with Gasteiger partial charge in [0.05, 0.1) is 0 Å². The molecular weight excluding hydrogens is 350 g/mol. The van der Waals surface area contributed by atoms with E-state index in [2.05, 4.69) is 15.2 Å². The third-order valence-electron chi connectivity index (χ3n) is 5.76. The highest BCUT2D eigenvalue weighted by Crippen LogP contribution is 2.29. The predicted octanol–water partition coefficient (Wildman–Crippen LogP) is 3.63. The van der Waals surface area contributed by atoms with Crippen LogP contribution in [0.4, 0.5) is 0 Å². The summed E-state index contributed by atoms with van der Waals surface area (Å²) in [5.41, 5.74) is 3.71. The van der Waals surface area contributed by atoms with Gasteiger partial charge in [0.15, 0.2) is 0 Å². The molecule has 1 aliphatic heterocycles. The van der Waals surface area contributed by atoms with Crippen LogP contribution in [-0.2, 0) is 6.61 Å². The minimum Gasteiger partial charge on any atom is -0.488 e. The molecule has 5 nitrogen and oxygen atoms in total. The van der Waals surface area contributed by atoms with Crippen LogP contribution < -0.4 is 10.1 Å². The van der Waals surface area contributed by atoms with Crippen molar-refractivity contribution >= 4 is 5.91 Å². The van der Waals surface area contributed by atoms with Crippen LogP contribution in [0.1, 0.15) is 52.7 Å². The summed E-state index contributed by atoms with van der Waals surface area (Å²) in [5, 5.41) is 3.23.